The molecule has 5 heteroatoms. The molecule has 0 radical (unpaired) electrons. The maximum absolute atomic E-state index is 13.0. The number of nitrogens with zero attached hydrogens (tertiary/aromatic N) is 1. The number of hydrogen-bond donors (Lipinski definition) is 0. The van der Waals surface area contributed by atoms with Crippen LogP contribution >= 0.6 is 0 Å². The highest BCUT2D eigenvalue weighted by Crippen LogP contribution is 2.16. The standard InChI is InChI=1S/C10H12FNO3/c1-3-15-10(13)5-7-4-9(14-2)8(11)6-12-7/h4,6H,3,5H2,1-2H3. The van der Waals surface area contributed by atoms with Gasteiger partial charge in [0.05, 0.1) is 32.0 Å². The van der Waals surface area contributed by atoms with Crippen molar-refractivity contribution in [3.05, 3.63) is 23.8 Å². The second kappa shape index (κ2) is 5.29. The van der Waals surface area contributed by atoms with Gasteiger partial charge in [-0.05, 0) is 6.92 Å². The number of halogens is 1. The smallest absolute Gasteiger partial charge is 0.311 e. The fourth-order valence-electron chi connectivity index (χ4n) is 1.07. The number of ether oxygens (including phenoxy) is 2. The lowest BCUT2D eigenvalue weighted by Gasteiger charge is -2.04. The van der Waals surface area contributed by atoms with Crippen LogP contribution in [-0.2, 0) is 16.0 Å². The first-order chi connectivity index (χ1) is 7.17. The van der Waals surface area contributed by atoms with Gasteiger partial charge in [-0.25, -0.2) is 4.39 Å². The van der Waals surface area contributed by atoms with E-state index in [4.69, 9.17) is 9.47 Å². The summed E-state index contributed by atoms with van der Waals surface area (Å²) in [6.07, 6.45) is 1.04. The van der Waals surface area contributed by atoms with E-state index in [-0.39, 0.29) is 12.2 Å². The molecule has 82 valence electrons. The third-order valence-electron chi connectivity index (χ3n) is 1.73. The molecule has 0 aliphatic rings. The topological polar surface area (TPSA) is 48.4 Å². The second-order valence-electron chi connectivity index (χ2n) is 2.79. The van der Waals surface area contributed by atoms with Crippen molar-refractivity contribution in [2.45, 2.75) is 13.3 Å². The zero-order chi connectivity index (χ0) is 11.3. The van der Waals surface area contributed by atoms with Gasteiger partial charge in [-0.3, -0.25) is 9.78 Å². The molecule has 0 amide bonds. The van der Waals surface area contributed by atoms with E-state index in [1.165, 1.54) is 13.2 Å². The van der Waals surface area contributed by atoms with Crippen LogP contribution in [0, 0.1) is 5.82 Å². The van der Waals surface area contributed by atoms with Gasteiger partial charge in [0.25, 0.3) is 0 Å². The third kappa shape index (κ3) is 3.19. The van der Waals surface area contributed by atoms with E-state index in [1.54, 1.807) is 6.92 Å². The molecular formula is C10H12FNO3. The van der Waals surface area contributed by atoms with Crippen molar-refractivity contribution < 1.29 is 18.7 Å². The van der Waals surface area contributed by atoms with Crippen LogP contribution in [-0.4, -0.2) is 24.7 Å². The van der Waals surface area contributed by atoms with Crippen molar-refractivity contribution >= 4 is 5.97 Å². The Morgan fingerprint density at radius 3 is 2.93 bits per heavy atom. The fraction of sp³-hybridized carbons (Fsp3) is 0.400. The van der Waals surface area contributed by atoms with Crippen LogP contribution in [0.3, 0.4) is 0 Å². The quantitative estimate of drug-likeness (QED) is 0.708. The molecule has 0 saturated carbocycles. The molecular weight excluding hydrogens is 201 g/mol. The average molecular weight is 213 g/mol. The molecule has 0 bridgehead atoms. The molecule has 1 heterocycles. The number of carbonyl (C=O) groups excluding carboxylic acids is 1. The van der Waals surface area contributed by atoms with E-state index in [0.717, 1.165) is 6.20 Å². The molecule has 15 heavy (non-hydrogen) atoms. The third-order valence-corrected chi connectivity index (χ3v) is 1.73. The maximum Gasteiger partial charge on any atom is 0.311 e. The normalized spacial score (nSPS) is 9.80. The first-order valence-electron chi connectivity index (χ1n) is 4.51. The molecule has 0 unspecified atom stereocenters. The fourth-order valence-corrected chi connectivity index (χ4v) is 1.07. The van der Waals surface area contributed by atoms with Crippen LogP contribution in [0.4, 0.5) is 4.39 Å². The Balaban J connectivity index is 2.74. The lowest BCUT2D eigenvalue weighted by Crippen LogP contribution is -2.09. The van der Waals surface area contributed by atoms with Gasteiger partial charge in [0.2, 0.25) is 0 Å². The molecule has 0 aromatic carbocycles. The largest absolute Gasteiger partial charge is 0.494 e. The summed E-state index contributed by atoms with van der Waals surface area (Å²) < 4.78 is 22.4. The van der Waals surface area contributed by atoms with Crippen molar-refractivity contribution in [1.82, 2.24) is 4.98 Å². The first-order valence-corrected chi connectivity index (χ1v) is 4.51. The molecule has 0 N–H and O–H groups in total. The summed E-state index contributed by atoms with van der Waals surface area (Å²) in [5.41, 5.74) is 0.423. The molecule has 0 saturated heterocycles. The van der Waals surface area contributed by atoms with E-state index >= 15 is 0 Å². The summed E-state index contributed by atoms with van der Waals surface area (Å²) in [7, 11) is 1.35. The van der Waals surface area contributed by atoms with Crippen LogP contribution in [0.2, 0.25) is 0 Å². The monoisotopic (exact) mass is 213 g/mol. The van der Waals surface area contributed by atoms with Gasteiger partial charge in [0.1, 0.15) is 0 Å². The van der Waals surface area contributed by atoms with Crippen LogP contribution < -0.4 is 4.74 Å². The zero-order valence-corrected chi connectivity index (χ0v) is 8.62. The number of rotatable bonds is 4. The van der Waals surface area contributed by atoms with Crippen molar-refractivity contribution in [3.63, 3.8) is 0 Å². The minimum absolute atomic E-state index is 0.0183. The molecule has 0 aliphatic heterocycles. The zero-order valence-electron chi connectivity index (χ0n) is 8.62. The minimum Gasteiger partial charge on any atom is -0.494 e. The molecule has 0 spiro atoms. The Morgan fingerprint density at radius 2 is 2.33 bits per heavy atom. The number of carbonyl (C=O) groups is 1. The molecule has 0 fully saturated rings. The first kappa shape index (κ1) is 11.4. The van der Waals surface area contributed by atoms with E-state index in [2.05, 4.69) is 4.98 Å². The molecule has 0 aliphatic carbocycles. The summed E-state index contributed by atoms with van der Waals surface area (Å²) in [5, 5.41) is 0. The predicted octanol–water partition coefficient (Wildman–Crippen LogP) is 1.33. The SMILES string of the molecule is CCOC(=O)Cc1cc(OC)c(F)cn1. The van der Waals surface area contributed by atoms with E-state index in [0.29, 0.717) is 12.3 Å². The molecule has 4 nitrogen and oxygen atoms in total. The molecule has 1 aromatic heterocycles. The van der Waals surface area contributed by atoms with Gasteiger partial charge in [0, 0.05) is 6.07 Å². The van der Waals surface area contributed by atoms with Crippen molar-refractivity contribution in [2.75, 3.05) is 13.7 Å². The predicted molar refractivity (Wildman–Crippen MR) is 51.1 cm³/mol. The van der Waals surface area contributed by atoms with Gasteiger partial charge >= 0.3 is 5.97 Å². The van der Waals surface area contributed by atoms with E-state index in [1.807, 2.05) is 0 Å². The van der Waals surface area contributed by atoms with E-state index in [9.17, 15) is 9.18 Å². The average Bonchev–Trinajstić information content (AvgIpc) is 2.21. The van der Waals surface area contributed by atoms with Crippen molar-refractivity contribution in [1.29, 1.82) is 0 Å². The van der Waals surface area contributed by atoms with Gasteiger partial charge in [-0.2, -0.15) is 0 Å². The summed E-state index contributed by atoms with van der Waals surface area (Å²) >= 11 is 0. The minimum atomic E-state index is -0.551. The molecule has 1 rings (SSSR count). The number of aromatic nitrogens is 1. The highest BCUT2D eigenvalue weighted by molar-refractivity contribution is 5.72. The molecule has 0 atom stereocenters. The van der Waals surface area contributed by atoms with Crippen LogP contribution in [0.1, 0.15) is 12.6 Å². The highest BCUT2D eigenvalue weighted by atomic mass is 19.1. The number of esters is 1. The summed E-state index contributed by atoms with van der Waals surface area (Å²) in [6.45, 7) is 2.04. The summed E-state index contributed by atoms with van der Waals surface area (Å²) in [5.74, 6) is -0.868. The van der Waals surface area contributed by atoms with Gasteiger partial charge in [-0.1, -0.05) is 0 Å². The Hall–Kier alpha value is -1.65. The number of hydrogen-bond acceptors (Lipinski definition) is 4. The van der Waals surface area contributed by atoms with Crippen molar-refractivity contribution in [2.24, 2.45) is 0 Å². The molecule has 1 aromatic rings. The lowest BCUT2D eigenvalue weighted by atomic mass is 10.2. The van der Waals surface area contributed by atoms with Crippen molar-refractivity contribution in [3.8, 4) is 5.75 Å². The van der Waals surface area contributed by atoms with E-state index < -0.39 is 11.8 Å². The Morgan fingerprint density at radius 1 is 1.60 bits per heavy atom. The Labute approximate surface area is 87.0 Å². The summed E-state index contributed by atoms with van der Waals surface area (Å²) in [4.78, 5) is 14.9. The van der Waals surface area contributed by atoms with Crippen LogP contribution in [0.25, 0.3) is 0 Å². The van der Waals surface area contributed by atoms with Crippen LogP contribution in [0.15, 0.2) is 12.3 Å². The highest BCUT2D eigenvalue weighted by Gasteiger charge is 2.09. The van der Waals surface area contributed by atoms with Gasteiger partial charge < -0.3 is 9.47 Å². The van der Waals surface area contributed by atoms with Gasteiger partial charge in [-0.15, -0.1) is 0 Å². The maximum atomic E-state index is 13.0. The number of pyridine rings is 1. The summed E-state index contributed by atoms with van der Waals surface area (Å²) in [6, 6.07) is 1.38. The van der Waals surface area contributed by atoms with Gasteiger partial charge in [0.15, 0.2) is 11.6 Å². The Kier molecular flexibility index (Phi) is 4.03. The lowest BCUT2D eigenvalue weighted by molar-refractivity contribution is -0.142. The Bertz CT molecular complexity index is 355. The second-order valence-corrected chi connectivity index (χ2v) is 2.79. The van der Waals surface area contributed by atoms with Crippen LogP contribution in [0.5, 0.6) is 5.75 Å². The number of methoxy groups -OCH3 is 1.